The number of amides is 2. The number of nitrogens with zero attached hydrogens (tertiary/aromatic N) is 2. The van der Waals surface area contributed by atoms with Gasteiger partial charge in [-0.1, -0.05) is 0 Å². The molecule has 0 bridgehead atoms. The van der Waals surface area contributed by atoms with Crippen molar-refractivity contribution >= 4 is 17.5 Å². The van der Waals surface area contributed by atoms with Gasteiger partial charge in [0.25, 0.3) is 0 Å². The molecule has 2 heterocycles. The molecule has 0 atom stereocenters. The summed E-state index contributed by atoms with van der Waals surface area (Å²) in [6, 6.07) is 8.99. The highest BCUT2D eigenvalue weighted by atomic mass is 16.6. The second kappa shape index (κ2) is 8.33. The number of ether oxygens (including phenoxy) is 2. The molecular weight excluding hydrogens is 334 g/mol. The topological polar surface area (TPSA) is 80.8 Å². The summed E-state index contributed by atoms with van der Waals surface area (Å²) in [7, 11) is 0. The highest BCUT2D eigenvalue weighted by Gasteiger charge is 2.14. The zero-order valence-electron chi connectivity index (χ0n) is 14.6. The number of nitrogens with one attached hydrogen (secondary N) is 1. The van der Waals surface area contributed by atoms with Crippen molar-refractivity contribution < 1.29 is 19.1 Å². The van der Waals surface area contributed by atoms with Crippen LogP contribution in [0.4, 0.5) is 5.69 Å². The van der Waals surface area contributed by atoms with Gasteiger partial charge in [-0.2, -0.15) is 0 Å². The van der Waals surface area contributed by atoms with Crippen LogP contribution in [0, 0.1) is 0 Å². The molecule has 0 fully saturated rings. The second-order valence-electron chi connectivity index (χ2n) is 5.95. The quantitative estimate of drug-likeness (QED) is 0.859. The first-order valence-electron chi connectivity index (χ1n) is 8.46. The smallest absolute Gasteiger partial charge is 0.226 e. The Kier molecular flexibility index (Phi) is 5.68. The van der Waals surface area contributed by atoms with Gasteiger partial charge in [-0.25, -0.2) is 0 Å². The molecule has 0 radical (unpaired) electrons. The molecule has 2 aromatic rings. The van der Waals surface area contributed by atoms with E-state index in [1.54, 1.807) is 35.5 Å². The Morgan fingerprint density at radius 3 is 2.58 bits per heavy atom. The maximum atomic E-state index is 12.2. The number of carbonyl (C=O) groups is 2. The van der Waals surface area contributed by atoms with Gasteiger partial charge in [-0.05, 0) is 29.8 Å². The lowest BCUT2D eigenvalue weighted by Crippen LogP contribution is -2.31. The molecule has 1 aromatic heterocycles. The molecule has 0 saturated heterocycles. The van der Waals surface area contributed by atoms with E-state index in [0.29, 0.717) is 43.5 Å². The largest absolute Gasteiger partial charge is 0.486 e. The molecule has 3 rings (SSSR count). The molecule has 0 unspecified atom stereocenters. The lowest BCUT2D eigenvalue weighted by Gasteiger charge is -2.21. The van der Waals surface area contributed by atoms with Crippen LogP contribution >= 0.6 is 0 Å². The molecule has 7 heteroatoms. The van der Waals surface area contributed by atoms with E-state index in [1.807, 2.05) is 12.1 Å². The Morgan fingerprint density at radius 2 is 1.85 bits per heavy atom. The zero-order valence-corrected chi connectivity index (χ0v) is 14.6. The van der Waals surface area contributed by atoms with Gasteiger partial charge in [-0.15, -0.1) is 0 Å². The first-order chi connectivity index (χ1) is 12.6. The number of carbonyl (C=O) groups excluding carboxylic acids is 2. The molecular formula is C19H21N3O4. The van der Waals surface area contributed by atoms with E-state index in [4.69, 9.17) is 9.47 Å². The van der Waals surface area contributed by atoms with Crippen molar-refractivity contribution in [2.45, 2.75) is 19.9 Å². The number of benzene rings is 1. The lowest BCUT2D eigenvalue weighted by molar-refractivity contribution is -0.129. The average molecular weight is 355 g/mol. The van der Waals surface area contributed by atoms with Gasteiger partial charge >= 0.3 is 0 Å². The van der Waals surface area contributed by atoms with Crippen molar-refractivity contribution in [3.8, 4) is 11.5 Å². The molecule has 1 aromatic carbocycles. The third kappa shape index (κ3) is 4.72. The summed E-state index contributed by atoms with van der Waals surface area (Å²) in [6.45, 7) is 3.31. The molecule has 7 nitrogen and oxygen atoms in total. The van der Waals surface area contributed by atoms with E-state index in [2.05, 4.69) is 10.3 Å². The molecule has 2 amide bonds. The molecule has 26 heavy (non-hydrogen) atoms. The zero-order chi connectivity index (χ0) is 18.4. The lowest BCUT2D eigenvalue weighted by atomic mass is 10.2. The molecule has 1 N–H and O–H groups in total. The van der Waals surface area contributed by atoms with Crippen LogP contribution in [0.2, 0.25) is 0 Å². The fraction of sp³-hybridized carbons (Fsp3) is 0.316. The van der Waals surface area contributed by atoms with E-state index in [9.17, 15) is 9.59 Å². The monoisotopic (exact) mass is 355 g/mol. The Bertz CT molecular complexity index is 780. The minimum Gasteiger partial charge on any atom is -0.486 e. The van der Waals surface area contributed by atoms with Gasteiger partial charge in [0.15, 0.2) is 11.5 Å². The van der Waals surface area contributed by atoms with Crippen molar-refractivity contribution in [2.75, 3.05) is 25.1 Å². The molecule has 136 valence electrons. The summed E-state index contributed by atoms with van der Waals surface area (Å²) in [5.41, 5.74) is 1.62. The van der Waals surface area contributed by atoms with E-state index in [0.717, 1.165) is 5.56 Å². The van der Waals surface area contributed by atoms with E-state index in [1.165, 1.54) is 6.92 Å². The molecule has 0 saturated carbocycles. The predicted octanol–water partition coefficient (Wildman–Crippen LogP) is 2.23. The summed E-state index contributed by atoms with van der Waals surface area (Å²) in [5, 5.41) is 2.83. The summed E-state index contributed by atoms with van der Waals surface area (Å²) >= 11 is 0. The summed E-state index contributed by atoms with van der Waals surface area (Å²) in [6.07, 6.45) is 3.57. The van der Waals surface area contributed by atoms with Gasteiger partial charge in [0, 0.05) is 50.6 Å². The second-order valence-corrected chi connectivity index (χ2v) is 5.95. The van der Waals surface area contributed by atoms with Gasteiger partial charge in [-0.3, -0.25) is 14.6 Å². The van der Waals surface area contributed by atoms with Gasteiger partial charge in [0.1, 0.15) is 13.2 Å². The number of fused-ring (bicyclic) bond motifs is 1. The molecule has 1 aliphatic heterocycles. The van der Waals surface area contributed by atoms with E-state index < -0.39 is 0 Å². The number of aromatic nitrogens is 1. The Hall–Kier alpha value is -3.09. The van der Waals surface area contributed by atoms with Crippen LogP contribution in [0.5, 0.6) is 11.5 Å². The Balaban J connectivity index is 1.54. The van der Waals surface area contributed by atoms with Crippen LogP contribution < -0.4 is 14.8 Å². The summed E-state index contributed by atoms with van der Waals surface area (Å²) < 4.78 is 11.0. The summed E-state index contributed by atoms with van der Waals surface area (Å²) in [5.74, 6) is 1.06. The Morgan fingerprint density at radius 1 is 1.12 bits per heavy atom. The maximum Gasteiger partial charge on any atom is 0.226 e. The Labute approximate surface area is 151 Å². The van der Waals surface area contributed by atoms with Crippen LogP contribution in [0.25, 0.3) is 0 Å². The van der Waals surface area contributed by atoms with Gasteiger partial charge in [0.2, 0.25) is 11.8 Å². The normalized spacial score (nSPS) is 12.3. The van der Waals surface area contributed by atoms with Crippen molar-refractivity contribution in [2.24, 2.45) is 0 Å². The minimum absolute atomic E-state index is 0.0751. The standard InChI is InChI=1S/C19H21N3O4/c1-14(23)22(13-15-4-7-20-8-5-15)9-6-19(24)21-16-2-3-17-18(12-16)26-11-10-25-17/h2-5,7-8,12H,6,9-11,13H2,1H3,(H,21,24). The average Bonchev–Trinajstić information content (AvgIpc) is 2.65. The van der Waals surface area contributed by atoms with Crippen LogP contribution in [-0.4, -0.2) is 41.5 Å². The van der Waals surface area contributed by atoms with Gasteiger partial charge < -0.3 is 19.7 Å². The third-order valence-corrected chi connectivity index (χ3v) is 4.00. The van der Waals surface area contributed by atoms with Crippen molar-refractivity contribution in [3.05, 3.63) is 48.3 Å². The highest BCUT2D eigenvalue weighted by Crippen LogP contribution is 2.32. The van der Waals surface area contributed by atoms with Crippen LogP contribution in [-0.2, 0) is 16.1 Å². The minimum atomic E-state index is -0.164. The first kappa shape index (κ1) is 17.7. The summed E-state index contributed by atoms with van der Waals surface area (Å²) in [4.78, 5) is 29.7. The third-order valence-electron chi connectivity index (χ3n) is 4.00. The SMILES string of the molecule is CC(=O)N(CCC(=O)Nc1ccc2c(c1)OCCO2)Cc1ccncc1. The fourth-order valence-corrected chi connectivity index (χ4v) is 2.64. The van der Waals surface area contributed by atoms with Crippen LogP contribution in [0.1, 0.15) is 18.9 Å². The molecule has 0 aliphatic carbocycles. The fourth-order valence-electron chi connectivity index (χ4n) is 2.64. The van der Waals surface area contributed by atoms with Crippen molar-refractivity contribution in [1.82, 2.24) is 9.88 Å². The van der Waals surface area contributed by atoms with Crippen molar-refractivity contribution in [3.63, 3.8) is 0 Å². The van der Waals surface area contributed by atoms with Crippen molar-refractivity contribution in [1.29, 1.82) is 0 Å². The van der Waals surface area contributed by atoms with Crippen LogP contribution in [0.3, 0.4) is 0 Å². The first-order valence-corrected chi connectivity index (χ1v) is 8.46. The highest BCUT2D eigenvalue weighted by molar-refractivity contribution is 5.91. The predicted molar refractivity (Wildman–Crippen MR) is 96.0 cm³/mol. The number of rotatable bonds is 6. The number of anilines is 1. The van der Waals surface area contributed by atoms with E-state index >= 15 is 0 Å². The number of pyridine rings is 1. The molecule has 0 spiro atoms. The van der Waals surface area contributed by atoms with Crippen LogP contribution in [0.15, 0.2) is 42.7 Å². The molecule has 1 aliphatic rings. The maximum absolute atomic E-state index is 12.2. The number of hydrogen-bond donors (Lipinski definition) is 1. The van der Waals surface area contributed by atoms with E-state index in [-0.39, 0.29) is 18.2 Å². The van der Waals surface area contributed by atoms with Gasteiger partial charge in [0.05, 0.1) is 0 Å². The number of hydrogen-bond acceptors (Lipinski definition) is 5.